The Morgan fingerprint density at radius 2 is 0.250 bits per heavy atom. The molecule has 0 atom stereocenters. The first kappa shape index (κ1) is 105. The van der Waals surface area contributed by atoms with Crippen molar-refractivity contribution in [3.05, 3.63) is 22.3 Å². The molecule has 5 heteroatoms. The van der Waals surface area contributed by atoms with Crippen molar-refractivity contribution in [2.75, 3.05) is 0 Å². The smallest absolute Gasteiger partial charge is 0 e. The molecule has 0 N–H and O–H groups in total. The number of hydrogen-bond donors (Lipinski definition) is 0. The van der Waals surface area contributed by atoms with E-state index in [1.165, 1.54) is 0 Å². The minimum atomic E-state index is 0. The first-order chi connectivity index (χ1) is 0. The van der Waals surface area contributed by atoms with Crippen LogP contribution in [-0.4, -0.2) is 0 Å². The fourth-order valence-corrected chi connectivity index (χ4v) is 0. The molecule has 0 amide bonds. The molecule has 0 saturated heterocycles. The molecule has 0 aromatic carbocycles. The molecule has 0 heterocycles. The maximum atomic E-state index is 0. The Morgan fingerprint density at radius 1 is 0.250 bits per heavy atom. The van der Waals surface area contributed by atoms with Gasteiger partial charge in [0.05, 0.1) is 0 Å². The summed E-state index contributed by atoms with van der Waals surface area (Å²) in [5.74, 6) is 0. The van der Waals surface area contributed by atoms with Gasteiger partial charge in [-0.2, -0.15) is 0 Å². The zero-order valence-electron chi connectivity index (χ0n) is 5.04. The minimum absolute atomic E-state index is 0. The molecule has 0 spiro atoms. The monoisotopic (exact) mass is 965 g/mol. The van der Waals surface area contributed by atoms with Crippen molar-refractivity contribution in [2.24, 2.45) is 0 Å². The maximum Gasteiger partial charge on any atom is 0 e. The van der Waals surface area contributed by atoms with Crippen LogP contribution in [0.3, 0.4) is 0 Å². The second kappa shape index (κ2) is 78.6. The molecule has 0 fully saturated rings. The van der Waals surface area contributed by atoms with Gasteiger partial charge in [0, 0.05) is 105 Å². The van der Waals surface area contributed by atoms with Crippen molar-refractivity contribution in [3.63, 3.8) is 0 Å². The summed E-state index contributed by atoms with van der Waals surface area (Å²) in [6.07, 6.45) is 0. The van der Waals surface area contributed by atoms with Crippen LogP contribution in [0, 0.1) is 22.3 Å². The molecule has 8 heavy (non-hydrogen) atoms. The molecule has 0 aromatic heterocycles. The van der Waals surface area contributed by atoms with Gasteiger partial charge < -0.3 is 22.3 Å². The van der Waals surface area contributed by atoms with Crippen LogP contribution >= 0.6 is 0 Å². The van der Waals surface area contributed by atoms with Gasteiger partial charge in [0.2, 0.25) is 0 Å². The van der Waals surface area contributed by atoms with Crippen LogP contribution in [0.25, 0.3) is 0 Å². The van der Waals surface area contributed by atoms with Gasteiger partial charge >= 0.3 is 0 Å². The molecule has 0 aliphatic heterocycles. The Balaban J connectivity index is 0. The Bertz CT molecular complexity index is 7.64. The Morgan fingerprint density at radius 3 is 0.250 bits per heavy atom. The van der Waals surface area contributed by atoms with Crippen LogP contribution < -0.4 is 0 Å². The van der Waals surface area contributed by atoms with Gasteiger partial charge in [0.1, 0.15) is 0 Å². The van der Waals surface area contributed by atoms with E-state index in [9.17, 15) is 0 Å². The summed E-state index contributed by atoms with van der Waals surface area (Å²) in [6, 6.07) is 0. The second-order valence-electron chi connectivity index (χ2n) is 0. The predicted molar refractivity (Wildman–Crippen MR) is 19.2 cm³/mol. The fourth-order valence-electron chi connectivity index (χ4n) is 0. The quantitative estimate of drug-likeness (QED) is 0.323. The van der Waals surface area contributed by atoms with Crippen LogP contribution in [0.15, 0.2) is 0 Å². The van der Waals surface area contributed by atoms with E-state index < -0.39 is 0 Å². The third-order valence-corrected chi connectivity index (χ3v) is 0. The van der Waals surface area contributed by atoms with Gasteiger partial charge in [-0.15, -0.1) is 0 Å². The Labute approximate surface area is 125 Å². The average Bonchev–Trinajstić information content (AvgIpc) is 0. The normalized spacial score (nSPS) is 0. The van der Waals surface area contributed by atoms with Crippen LogP contribution in [0.1, 0.15) is 0 Å². The minimum Gasteiger partial charge on any atom is -0.358 e. The van der Waals surface area contributed by atoms with Crippen molar-refractivity contribution in [1.29, 1.82) is 0 Å². The first-order valence-corrected chi connectivity index (χ1v) is 0. The largest absolute Gasteiger partial charge is 0.358 e. The average molecular weight is 964 g/mol. The summed E-state index contributed by atoms with van der Waals surface area (Å²) in [5, 5.41) is 0. The van der Waals surface area contributed by atoms with Gasteiger partial charge in [-0.05, 0) is 0 Å². The number of rotatable bonds is 0. The second-order valence-corrected chi connectivity index (χ2v) is 0. The molecule has 0 aliphatic rings. The molecule has 54 valence electrons. The molecular formula is C3H9W5-3. The maximum absolute atomic E-state index is 0. The topological polar surface area (TPSA) is 0 Å². The van der Waals surface area contributed by atoms with Crippen molar-refractivity contribution in [3.8, 4) is 0 Å². The van der Waals surface area contributed by atoms with Gasteiger partial charge in [-0.3, -0.25) is 0 Å². The Hall–Kier alpha value is 3.44. The van der Waals surface area contributed by atoms with Crippen molar-refractivity contribution in [2.45, 2.75) is 0 Å². The molecule has 0 saturated carbocycles. The van der Waals surface area contributed by atoms with Crippen molar-refractivity contribution < 1.29 is 105 Å². The van der Waals surface area contributed by atoms with Crippen molar-refractivity contribution >= 4 is 0 Å². The van der Waals surface area contributed by atoms with Crippen LogP contribution in [0.4, 0.5) is 0 Å². The van der Waals surface area contributed by atoms with E-state index in [1.807, 2.05) is 0 Å². The molecule has 0 radical (unpaired) electrons. The molecule has 0 unspecified atom stereocenters. The summed E-state index contributed by atoms with van der Waals surface area (Å²) >= 11 is 0. The van der Waals surface area contributed by atoms with Crippen LogP contribution in [0.2, 0.25) is 0 Å². The summed E-state index contributed by atoms with van der Waals surface area (Å²) in [5.41, 5.74) is 0. The summed E-state index contributed by atoms with van der Waals surface area (Å²) in [7, 11) is 0. The van der Waals surface area contributed by atoms with Crippen LogP contribution in [-0.2, 0) is 105 Å². The molecular weight excluding hydrogens is 955 g/mol. The summed E-state index contributed by atoms with van der Waals surface area (Å²) in [4.78, 5) is 0. The summed E-state index contributed by atoms with van der Waals surface area (Å²) in [6.45, 7) is 0. The zero-order valence-corrected chi connectivity index (χ0v) is 19.7. The fraction of sp³-hybridized carbons (Fsp3) is 0. The molecule has 0 aromatic rings. The van der Waals surface area contributed by atoms with Gasteiger partial charge in [0.25, 0.3) is 0 Å². The van der Waals surface area contributed by atoms with E-state index in [0.717, 1.165) is 0 Å². The molecule has 0 nitrogen and oxygen atoms in total. The van der Waals surface area contributed by atoms with E-state index in [1.54, 1.807) is 0 Å². The molecule has 0 aliphatic carbocycles. The predicted octanol–water partition coefficient (Wildman–Crippen LogP) is 1.34. The zero-order chi connectivity index (χ0) is 0. The molecule has 0 bridgehead atoms. The van der Waals surface area contributed by atoms with Gasteiger partial charge in [-0.25, -0.2) is 0 Å². The van der Waals surface area contributed by atoms with E-state index >= 15 is 0 Å². The number of hydrogen-bond acceptors (Lipinski definition) is 0. The molecule has 0 rings (SSSR count). The third kappa shape index (κ3) is 56.8. The van der Waals surface area contributed by atoms with Gasteiger partial charge in [-0.1, -0.05) is 0 Å². The first-order valence-electron chi connectivity index (χ1n) is 0. The third-order valence-electron chi connectivity index (χ3n) is 0. The Kier molecular flexibility index (Phi) is 1030. The van der Waals surface area contributed by atoms with E-state index in [-0.39, 0.29) is 128 Å². The van der Waals surface area contributed by atoms with Gasteiger partial charge in [0.15, 0.2) is 0 Å². The SMILES string of the molecule is [CH3-].[CH3-].[CH3-].[W].[W].[W].[W].[W]. The standard InChI is InChI=1S/3CH3.5W/h3*1H3;;;;;/q3*-1;;;;;. The van der Waals surface area contributed by atoms with E-state index in [2.05, 4.69) is 0 Å². The van der Waals surface area contributed by atoms with Crippen molar-refractivity contribution in [1.82, 2.24) is 0 Å². The van der Waals surface area contributed by atoms with E-state index in [4.69, 9.17) is 0 Å². The van der Waals surface area contributed by atoms with E-state index in [0.29, 0.717) is 0 Å². The van der Waals surface area contributed by atoms with Crippen LogP contribution in [0.5, 0.6) is 0 Å². The summed E-state index contributed by atoms with van der Waals surface area (Å²) < 4.78 is 0.